The number of aromatic nitrogens is 2. The minimum atomic E-state index is -0.0136. The number of halogens is 1. The molecule has 0 bridgehead atoms. The lowest BCUT2D eigenvalue weighted by Gasteiger charge is -2.21. The van der Waals surface area contributed by atoms with Crippen LogP contribution in [0.3, 0.4) is 0 Å². The molecule has 1 aromatic carbocycles. The van der Waals surface area contributed by atoms with Crippen molar-refractivity contribution in [2.45, 2.75) is 32.9 Å². The van der Waals surface area contributed by atoms with Gasteiger partial charge in [0, 0.05) is 25.8 Å². The number of rotatable bonds is 7. The minimum Gasteiger partial charge on any atom is -0.342 e. The molecule has 1 unspecified atom stereocenters. The maximum atomic E-state index is 12.4. The Kier molecular flexibility index (Phi) is 7.95. The van der Waals surface area contributed by atoms with Crippen molar-refractivity contribution < 1.29 is 4.79 Å². The highest BCUT2D eigenvalue weighted by Gasteiger charge is 2.16. The van der Waals surface area contributed by atoms with Gasteiger partial charge in [0.2, 0.25) is 0 Å². The first-order valence-corrected chi connectivity index (χ1v) is 8.05. The molecule has 1 aromatic heterocycles. The Labute approximate surface area is 150 Å². The van der Waals surface area contributed by atoms with E-state index in [4.69, 9.17) is 5.73 Å². The molecule has 1 heterocycles. The molecule has 0 saturated carbocycles. The van der Waals surface area contributed by atoms with Crippen LogP contribution in [0.15, 0.2) is 42.7 Å². The molecule has 0 aliphatic carbocycles. The lowest BCUT2D eigenvalue weighted by atomic mass is 10.0. The lowest BCUT2D eigenvalue weighted by molar-refractivity contribution is 0.0789. The molecule has 5 nitrogen and oxygen atoms in total. The zero-order valence-electron chi connectivity index (χ0n) is 14.6. The maximum absolute atomic E-state index is 12.4. The third-order valence-electron chi connectivity index (χ3n) is 4.07. The Morgan fingerprint density at radius 2 is 1.96 bits per heavy atom. The SMILES string of the molecule is CC(C)C(N)CCN(C)C(=O)c1cnn(Cc2ccccc2)c1.Cl. The van der Waals surface area contributed by atoms with Gasteiger partial charge in [-0.05, 0) is 17.9 Å². The molecule has 132 valence electrons. The molecule has 24 heavy (non-hydrogen) atoms. The van der Waals surface area contributed by atoms with Crippen LogP contribution in [-0.2, 0) is 6.54 Å². The van der Waals surface area contributed by atoms with Crippen molar-refractivity contribution in [3.63, 3.8) is 0 Å². The number of benzene rings is 1. The highest BCUT2D eigenvalue weighted by atomic mass is 35.5. The molecule has 1 amide bonds. The largest absolute Gasteiger partial charge is 0.342 e. The van der Waals surface area contributed by atoms with Gasteiger partial charge in [-0.3, -0.25) is 9.48 Å². The van der Waals surface area contributed by atoms with Crippen molar-refractivity contribution >= 4 is 18.3 Å². The molecule has 0 spiro atoms. The molecule has 0 fully saturated rings. The summed E-state index contributed by atoms with van der Waals surface area (Å²) in [6, 6.07) is 10.2. The van der Waals surface area contributed by atoms with Gasteiger partial charge >= 0.3 is 0 Å². The van der Waals surface area contributed by atoms with Crippen molar-refractivity contribution in [3.05, 3.63) is 53.9 Å². The first-order valence-electron chi connectivity index (χ1n) is 8.05. The molecule has 0 aliphatic heterocycles. The van der Waals surface area contributed by atoms with Gasteiger partial charge in [0.15, 0.2) is 0 Å². The van der Waals surface area contributed by atoms with Crippen molar-refractivity contribution in [1.82, 2.24) is 14.7 Å². The Morgan fingerprint density at radius 3 is 2.58 bits per heavy atom. The minimum absolute atomic E-state index is 0. The number of carbonyl (C=O) groups is 1. The van der Waals surface area contributed by atoms with Crippen molar-refractivity contribution in [1.29, 1.82) is 0 Å². The van der Waals surface area contributed by atoms with E-state index in [1.807, 2.05) is 37.4 Å². The van der Waals surface area contributed by atoms with Crippen LogP contribution in [0.5, 0.6) is 0 Å². The van der Waals surface area contributed by atoms with Gasteiger partial charge in [-0.15, -0.1) is 12.4 Å². The predicted octanol–water partition coefficient (Wildman–Crippen LogP) is 2.80. The van der Waals surface area contributed by atoms with Crippen LogP contribution >= 0.6 is 12.4 Å². The zero-order chi connectivity index (χ0) is 16.8. The third-order valence-corrected chi connectivity index (χ3v) is 4.07. The van der Waals surface area contributed by atoms with E-state index in [2.05, 4.69) is 18.9 Å². The zero-order valence-corrected chi connectivity index (χ0v) is 15.4. The standard InChI is InChI=1S/C18H26N4O.ClH/c1-14(2)17(19)9-10-21(3)18(23)16-11-20-22(13-16)12-15-7-5-4-6-8-15;/h4-8,11,13-14,17H,9-10,12,19H2,1-3H3;1H. The lowest BCUT2D eigenvalue weighted by Crippen LogP contribution is -2.34. The number of amides is 1. The smallest absolute Gasteiger partial charge is 0.256 e. The fraction of sp³-hybridized carbons (Fsp3) is 0.444. The van der Waals surface area contributed by atoms with E-state index >= 15 is 0 Å². The summed E-state index contributed by atoms with van der Waals surface area (Å²) in [5.41, 5.74) is 7.81. The van der Waals surface area contributed by atoms with Crippen molar-refractivity contribution in [2.24, 2.45) is 11.7 Å². The fourth-order valence-electron chi connectivity index (χ4n) is 2.33. The average Bonchev–Trinajstić information content (AvgIpc) is 3.00. The number of nitrogens with two attached hydrogens (primary N) is 1. The predicted molar refractivity (Wildman–Crippen MR) is 99.4 cm³/mol. The summed E-state index contributed by atoms with van der Waals surface area (Å²) in [6.07, 6.45) is 4.23. The van der Waals surface area contributed by atoms with Gasteiger partial charge in [-0.2, -0.15) is 5.10 Å². The topological polar surface area (TPSA) is 64.2 Å². The Balaban J connectivity index is 0.00000288. The fourth-order valence-corrected chi connectivity index (χ4v) is 2.33. The summed E-state index contributed by atoms with van der Waals surface area (Å²) < 4.78 is 1.79. The second-order valence-corrected chi connectivity index (χ2v) is 6.34. The van der Waals surface area contributed by atoms with E-state index in [1.54, 1.807) is 22.0 Å². The normalized spacial score (nSPS) is 11.9. The molecule has 2 N–H and O–H groups in total. The molecule has 2 aromatic rings. The molecular weight excluding hydrogens is 324 g/mol. The van der Waals surface area contributed by atoms with Crippen LogP contribution in [0.4, 0.5) is 0 Å². The van der Waals surface area contributed by atoms with Crippen molar-refractivity contribution in [3.8, 4) is 0 Å². The quantitative estimate of drug-likeness (QED) is 0.835. The number of hydrogen-bond acceptors (Lipinski definition) is 3. The van der Waals surface area contributed by atoms with Crippen LogP contribution in [0, 0.1) is 5.92 Å². The monoisotopic (exact) mass is 350 g/mol. The molecular formula is C18H27ClN4O. The first-order chi connectivity index (χ1) is 11.0. The van der Waals surface area contributed by atoms with Gasteiger partial charge < -0.3 is 10.6 Å². The van der Waals surface area contributed by atoms with E-state index in [1.165, 1.54) is 0 Å². The summed E-state index contributed by atoms with van der Waals surface area (Å²) in [7, 11) is 1.81. The molecule has 0 saturated heterocycles. The maximum Gasteiger partial charge on any atom is 0.256 e. The van der Waals surface area contributed by atoms with Crippen LogP contribution in [0.2, 0.25) is 0 Å². The van der Waals surface area contributed by atoms with E-state index in [9.17, 15) is 4.79 Å². The summed E-state index contributed by atoms with van der Waals surface area (Å²) in [5.74, 6) is 0.410. The number of nitrogens with zero attached hydrogens (tertiary/aromatic N) is 3. The summed E-state index contributed by atoms with van der Waals surface area (Å²) >= 11 is 0. The van der Waals surface area contributed by atoms with Gasteiger partial charge in [0.25, 0.3) is 5.91 Å². The van der Waals surface area contributed by atoms with E-state index in [-0.39, 0.29) is 24.4 Å². The van der Waals surface area contributed by atoms with Gasteiger partial charge in [-0.1, -0.05) is 44.2 Å². The second kappa shape index (κ2) is 9.45. The summed E-state index contributed by atoms with van der Waals surface area (Å²) in [6.45, 7) is 5.51. The van der Waals surface area contributed by atoms with Crippen molar-refractivity contribution in [2.75, 3.05) is 13.6 Å². The van der Waals surface area contributed by atoms with Crippen LogP contribution < -0.4 is 5.73 Å². The Bertz CT molecular complexity index is 627. The molecule has 2 rings (SSSR count). The Hall–Kier alpha value is -1.85. The van der Waals surface area contributed by atoms with Crippen LogP contribution in [0.1, 0.15) is 36.2 Å². The summed E-state index contributed by atoms with van der Waals surface area (Å²) in [4.78, 5) is 14.1. The van der Waals surface area contributed by atoms with Gasteiger partial charge in [0.1, 0.15) is 0 Å². The van der Waals surface area contributed by atoms with E-state index in [0.29, 0.717) is 24.6 Å². The van der Waals surface area contributed by atoms with Crippen LogP contribution in [0.25, 0.3) is 0 Å². The number of hydrogen-bond donors (Lipinski definition) is 1. The highest BCUT2D eigenvalue weighted by Crippen LogP contribution is 2.08. The van der Waals surface area contributed by atoms with Crippen LogP contribution in [-0.4, -0.2) is 40.2 Å². The van der Waals surface area contributed by atoms with E-state index < -0.39 is 0 Å². The Morgan fingerprint density at radius 1 is 1.29 bits per heavy atom. The molecule has 0 aliphatic rings. The number of carbonyl (C=O) groups excluding carboxylic acids is 1. The first kappa shape index (κ1) is 20.2. The van der Waals surface area contributed by atoms with E-state index in [0.717, 1.165) is 12.0 Å². The molecule has 1 atom stereocenters. The third kappa shape index (κ3) is 5.65. The van der Waals surface area contributed by atoms with Gasteiger partial charge in [0.05, 0.1) is 18.3 Å². The molecule has 0 radical (unpaired) electrons. The second-order valence-electron chi connectivity index (χ2n) is 6.34. The average molecular weight is 351 g/mol. The highest BCUT2D eigenvalue weighted by molar-refractivity contribution is 5.93. The summed E-state index contributed by atoms with van der Waals surface area (Å²) in [5, 5.41) is 4.28. The van der Waals surface area contributed by atoms with Gasteiger partial charge in [-0.25, -0.2) is 0 Å². The molecule has 6 heteroatoms.